The molecule has 276 valence electrons. The maximum atomic E-state index is 12.7. The van der Waals surface area contributed by atoms with E-state index in [0.717, 1.165) is 48.0 Å². The number of amides is 10. The Morgan fingerprint density at radius 2 is 0.863 bits per heavy atom. The highest BCUT2D eigenvalue weighted by atomic mass is 16.2. The van der Waals surface area contributed by atoms with Crippen molar-refractivity contribution in [2.24, 2.45) is 11.8 Å². The maximum absolute atomic E-state index is 12.7. The lowest BCUT2D eigenvalue weighted by Gasteiger charge is -2.17. The molecule has 2 aliphatic rings. The minimum Gasteiger partial charge on any atom is -0.356 e. The third kappa shape index (κ3) is 15.2. The second-order valence-corrected chi connectivity index (χ2v) is 12.0. The predicted molar refractivity (Wildman–Crippen MR) is 174 cm³/mol. The molecule has 2 rings (SSSR count). The van der Waals surface area contributed by atoms with Crippen molar-refractivity contribution in [1.29, 1.82) is 0 Å². The van der Waals surface area contributed by atoms with Gasteiger partial charge < -0.3 is 10.6 Å². The lowest BCUT2D eigenvalue weighted by Crippen LogP contribution is -2.39. The average molecular weight is 715 g/mol. The van der Waals surface area contributed by atoms with Gasteiger partial charge >= 0.3 is 0 Å². The summed E-state index contributed by atoms with van der Waals surface area (Å²) in [6.45, 7) is 2.45. The molecule has 2 aliphatic heterocycles. The molecule has 2 atom stereocenters. The number of Topliss-reactive ketones (excluding diaryl/α,β-unsaturated/α-hetero) is 2. The number of nitrogens with one attached hydrogen (secondary N) is 4. The van der Waals surface area contributed by atoms with Crippen LogP contribution in [0.4, 0.5) is 0 Å². The Bertz CT molecular complexity index is 1370. The molecule has 0 aromatic carbocycles. The summed E-state index contributed by atoms with van der Waals surface area (Å²) in [7, 11) is 0. The summed E-state index contributed by atoms with van der Waals surface area (Å²) >= 11 is 0. The molecule has 0 bridgehead atoms. The molecule has 4 N–H and O–H groups in total. The van der Waals surface area contributed by atoms with Crippen molar-refractivity contribution in [2.75, 3.05) is 26.2 Å². The summed E-state index contributed by atoms with van der Waals surface area (Å²) in [6, 6.07) is 0. The van der Waals surface area contributed by atoms with E-state index in [2.05, 4.69) is 21.3 Å². The molecule has 0 spiro atoms. The largest absolute Gasteiger partial charge is 0.356 e. The Kier molecular flexibility index (Phi) is 16.9. The Balaban J connectivity index is 1.82. The van der Waals surface area contributed by atoms with Gasteiger partial charge in [-0.05, 0) is 19.3 Å². The standard InChI is InChI=1S/C33H42N6O12/c1-20(40)36-32(50)22(18-26(44)34-12-4-14-38-28(46)8-9-29(38)47)16-24(42)6-3-7-25(43)17-23(33(51)37-21(2)41)19-27(45)35-13-5-15-39-30(48)10-11-31(39)49/h8-11,22-23H,3-7,12-19H2,1-2H3,(H,34,44)(H,35,45)(H,36,40,50)(H,37,41,51). The normalized spacial score (nSPS) is 14.7. The molecule has 0 aliphatic carbocycles. The van der Waals surface area contributed by atoms with Crippen molar-refractivity contribution >= 4 is 70.6 Å². The summed E-state index contributed by atoms with van der Waals surface area (Å²) < 4.78 is 0. The van der Waals surface area contributed by atoms with E-state index in [1.165, 1.54) is 0 Å². The van der Waals surface area contributed by atoms with Gasteiger partial charge in [-0.3, -0.25) is 78.0 Å². The zero-order chi connectivity index (χ0) is 38.1. The van der Waals surface area contributed by atoms with Crippen LogP contribution in [-0.4, -0.2) is 107 Å². The van der Waals surface area contributed by atoms with Gasteiger partial charge in [0.1, 0.15) is 11.6 Å². The molecule has 0 saturated heterocycles. The number of carbonyl (C=O) groups is 12. The molecule has 10 amide bonds. The number of hydrogen-bond donors (Lipinski definition) is 4. The summed E-state index contributed by atoms with van der Waals surface area (Å²) in [5, 5.41) is 9.21. The van der Waals surface area contributed by atoms with Crippen molar-refractivity contribution in [1.82, 2.24) is 31.1 Å². The SMILES string of the molecule is CC(=O)NC(=O)C(CC(=O)CCCC(=O)CC(CC(=O)NCCCN1C(=O)C=CC1=O)C(=O)NC(C)=O)CC(=O)NCCCN1C(=O)C=CC1=O. The minimum absolute atomic E-state index is 0.0176. The second-order valence-electron chi connectivity index (χ2n) is 12.0. The van der Waals surface area contributed by atoms with Gasteiger partial charge in [0.05, 0.1) is 11.8 Å². The first-order chi connectivity index (χ1) is 24.1. The smallest absolute Gasteiger partial charge is 0.253 e. The zero-order valence-electron chi connectivity index (χ0n) is 28.4. The van der Waals surface area contributed by atoms with Crippen molar-refractivity contribution in [2.45, 2.75) is 71.6 Å². The predicted octanol–water partition coefficient (Wildman–Crippen LogP) is -1.72. The molecule has 18 heteroatoms. The van der Waals surface area contributed by atoms with Crippen molar-refractivity contribution < 1.29 is 57.5 Å². The topological polar surface area (TPSA) is 259 Å². The van der Waals surface area contributed by atoms with E-state index < -0.39 is 108 Å². The van der Waals surface area contributed by atoms with Crippen LogP contribution in [0.3, 0.4) is 0 Å². The van der Waals surface area contributed by atoms with Crippen LogP contribution < -0.4 is 21.3 Å². The molecule has 0 saturated carbocycles. The van der Waals surface area contributed by atoms with E-state index in [1.807, 2.05) is 0 Å². The van der Waals surface area contributed by atoms with E-state index in [9.17, 15) is 57.5 Å². The molecule has 2 heterocycles. The third-order valence-electron chi connectivity index (χ3n) is 7.63. The van der Waals surface area contributed by atoms with Crippen molar-refractivity contribution in [3.63, 3.8) is 0 Å². The van der Waals surface area contributed by atoms with Crippen LogP contribution in [-0.2, 0) is 57.5 Å². The molecular formula is C33H42N6O12. The highest BCUT2D eigenvalue weighted by Gasteiger charge is 2.28. The average Bonchev–Trinajstić information content (AvgIpc) is 3.53. The number of ketones is 2. The third-order valence-corrected chi connectivity index (χ3v) is 7.63. The van der Waals surface area contributed by atoms with Crippen LogP contribution >= 0.6 is 0 Å². The van der Waals surface area contributed by atoms with Gasteiger partial charge in [-0.1, -0.05) is 0 Å². The van der Waals surface area contributed by atoms with E-state index in [0.29, 0.717) is 0 Å². The molecule has 0 aromatic rings. The molecule has 51 heavy (non-hydrogen) atoms. The van der Waals surface area contributed by atoms with Gasteiger partial charge in [-0.15, -0.1) is 0 Å². The van der Waals surface area contributed by atoms with Gasteiger partial charge in [-0.2, -0.15) is 0 Å². The quantitative estimate of drug-likeness (QED) is 0.0721. The number of nitrogens with zero attached hydrogens (tertiary/aromatic N) is 2. The number of imide groups is 4. The molecule has 0 aromatic heterocycles. The summed E-state index contributed by atoms with van der Waals surface area (Å²) in [5.41, 5.74) is 0. The van der Waals surface area contributed by atoms with Gasteiger partial charge in [0.25, 0.3) is 23.6 Å². The lowest BCUT2D eigenvalue weighted by molar-refractivity contribution is -0.138. The van der Waals surface area contributed by atoms with Crippen LogP contribution in [0.5, 0.6) is 0 Å². The molecule has 18 nitrogen and oxygen atoms in total. The van der Waals surface area contributed by atoms with Gasteiger partial charge in [-0.25, -0.2) is 0 Å². The fraction of sp³-hybridized carbons (Fsp3) is 0.515. The summed E-state index contributed by atoms with van der Waals surface area (Å²) in [4.78, 5) is 147. The van der Waals surface area contributed by atoms with Crippen LogP contribution in [0, 0.1) is 11.8 Å². The van der Waals surface area contributed by atoms with Gasteiger partial charge in [0, 0.05) is 103 Å². The number of carbonyl (C=O) groups excluding carboxylic acids is 12. The Morgan fingerprint density at radius 1 is 0.529 bits per heavy atom. The monoisotopic (exact) mass is 714 g/mol. The lowest BCUT2D eigenvalue weighted by atomic mass is 9.92. The van der Waals surface area contributed by atoms with Crippen LogP contribution in [0.15, 0.2) is 24.3 Å². The van der Waals surface area contributed by atoms with E-state index >= 15 is 0 Å². The summed E-state index contributed by atoms with van der Waals surface area (Å²) in [5.74, 6) is -9.48. The van der Waals surface area contributed by atoms with E-state index in [1.54, 1.807) is 0 Å². The first-order valence-electron chi connectivity index (χ1n) is 16.3. The highest BCUT2D eigenvalue weighted by molar-refractivity contribution is 6.13. The van der Waals surface area contributed by atoms with Gasteiger partial charge in [0.15, 0.2) is 0 Å². The Hall–Kier alpha value is -5.68. The highest BCUT2D eigenvalue weighted by Crippen LogP contribution is 2.16. The van der Waals surface area contributed by atoms with Crippen molar-refractivity contribution in [3.8, 4) is 0 Å². The van der Waals surface area contributed by atoms with Crippen LogP contribution in [0.25, 0.3) is 0 Å². The molecule has 0 fully saturated rings. The number of hydrogen-bond acceptors (Lipinski definition) is 12. The Labute approximate surface area is 293 Å². The summed E-state index contributed by atoms with van der Waals surface area (Å²) in [6.07, 6.45) is 2.99. The second kappa shape index (κ2) is 20.7. The van der Waals surface area contributed by atoms with Crippen LogP contribution in [0.2, 0.25) is 0 Å². The van der Waals surface area contributed by atoms with Gasteiger partial charge in [0.2, 0.25) is 35.4 Å². The minimum atomic E-state index is -1.20. The molecule has 0 radical (unpaired) electrons. The maximum Gasteiger partial charge on any atom is 0.253 e. The fourth-order valence-electron chi connectivity index (χ4n) is 5.13. The number of rotatable bonds is 22. The van der Waals surface area contributed by atoms with E-state index in [-0.39, 0.29) is 58.3 Å². The molecule has 2 unspecified atom stereocenters. The van der Waals surface area contributed by atoms with Crippen molar-refractivity contribution in [3.05, 3.63) is 24.3 Å². The molecular weight excluding hydrogens is 672 g/mol. The van der Waals surface area contributed by atoms with E-state index in [4.69, 9.17) is 0 Å². The zero-order valence-corrected chi connectivity index (χ0v) is 28.4. The first kappa shape index (κ1) is 41.5. The fourth-order valence-corrected chi connectivity index (χ4v) is 5.13. The Morgan fingerprint density at radius 3 is 1.18 bits per heavy atom. The van der Waals surface area contributed by atoms with Crippen LogP contribution in [0.1, 0.15) is 71.6 Å². The first-order valence-corrected chi connectivity index (χ1v) is 16.3.